The summed E-state index contributed by atoms with van der Waals surface area (Å²) in [5, 5.41) is 7.15. The third-order valence-corrected chi connectivity index (χ3v) is 4.22. The van der Waals surface area contributed by atoms with Crippen molar-refractivity contribution in [3.05, 3.63) is 29.8 Å². The van der Waals surface area contributed by atoms with Crippen molar-refractivity contribution >= 4 is 0 Å². The van der Waals surface area contributed by atoms with E-state index < -0.39 is 0 Å². The molecule has 3 rings (SSSR count). The first-order chi connectivity index (χ1) is 10.1. The fourth-order valence-corrected chi connectivity index (χ4v) is 2.94. The molecule has 1 saturated heterocycles. The largest absolute Gasteiger partial charge is 0.301 e. The summed E-state index contributed by atoms with van der Waals surface area (Å²) < 4.78 is 0. The van der Waals surface area contributed by atoms with E-state index in [1.54, 1.807) is 0 Å². The number of rotatable bonds is 4. The zero-order chi connectivity index (χ0) is 14.8. The fraction of sp³-hybridized carbons (Fsp3) is 0.562. The summed E-state index contributed by atoms with van der Waals surface area (Å²) in [5.41, 5.74) is 3.81. The molecule has 1 aliphatic heterocycles. The first-order valence-electron chi connectivity index (χ1n) is 7.69. The molecule has 2 aromatic rings. The van der Waals surface area contributed by atoms with Crippen LogP contribution < -0.4 is 0 Å². The van der Waals surface area contributed by atoms with Crippen molar-refractivity contribution in [2.45, 2.75) is 39.7 Å². The highest BCUT2D eigenvalue weighted by Gasteiger charge is 2.24. The lowest BCUT2D eigenvalue weighted by Gasteiger charge is -2.20. The minimum absolute atomic E-state index is 0.645. The van der Waals surface area contributed by atoms with Crippen LogP contribution in [-0.4, -0.2) is 44.2 Å². The predicted molar refractivity (Wildman–Crippen MR) is 82.9 cm³/mol. The highest BCUT2D eigenvalue weighted by atomic mass is 15.2. The van der Waals surface area contributed by atoms with Gasteiger partial charge in [-0.05, 0) is 52.1 Å². The maximum absolute atomic E-state index is 4.56. The Bertz CT molecular complexity index is 587. The fourth-order valence-electron chi connectivity index (χ4n) is 2.94. The lowest BCUT2D eigenvalue weighted by atomic mass is 10.0. The number of likely N-dealkylation sites (tertiary alicyclic amines) is 1. The summed E-state index contributed by atoms with van der Waals surface area (Å²) in [5.74, 6) is 0.708. The Hall–Kier alpha value is -1.75. The topological polar surface area (TPSA) is 57.7 Å². The quantitative estimate of drug-likeness (QED) is 0.937. The van der Waals surface area contributed by atoms with E-state index in [2.05, 4.69) is 38.9 Å². The maximum Gasteiger partial charge on any atom is 0.112 e. The van der Waals surface area contributed by atoms with Gasteiger partial charge in [-0.1, -0.05) is 0 Å². The van der Waals surface area contributed by atoms with Crippen LogP contribution in [0.1, 0.15) is 31.7 Å². The second-order valence-electron chi connectivity index (χ2n) is 6.28. The highest BCUT2D eigenvalue weighted by Crippen LogP contribution is 2.22. The molecule has 0 amide bonds. The lowest BCUT2D eigenvalue weighted by Crippen LogP contribution is -2.28. The summed E-state index contributed by atoms with van der Waals surface area (Å²) in [4.78, 5) is 11.6. The van der Waals surface area contributed by atoms with Gasteiger partial charge in [-0.25, -0.2) is 0 Å². The Morgan fingerprint density at radius 2 is 2.14 bits per heavy atom. The van der Waals surface area contributed by atoms with Gasteiger partial charge in [-0.15, -0.1) is 0 Å². The van der Waals surface area contributed by atoms with Gasteiger partial charge in [-0.2, -0.15) is 5.10 Å². The number of hydrogen-bond acceptors (Lipinski definition) is 4. The average molecular weight is 285 g/mol. The van der Waals surface area contributed by atoms with Crippen molar-refractivity contribution in [2.75, 3.05) is 13.1 Å². The Morgan fingerprint density at radius 3 is 2.71 bits per heavy atom. The van der Waals surface area contributed by atoms with E-state index in [4.69, 9.17) is 0 Å². The number of nitrogens with zero attached hydrogens (tertiary/aromatic N) is 4. The van der Waals surface area contributed by atoms with Crippen LogP contribution in [-0.2, 0) is 6.42 Å². The second kappa shape index (κ2) is 5.93. The smallest absolute Gasteiger partial charge is 0.112 e. The minimum Gasteiger partial charge on any atom is -0.301 e. The standard InChI is InChI=1S/C16H23N5/c1-11(2)21-5-4-13(10-21)7-14-8-18-16(9-17-14)15-6-12(3)19-20-15/h6,8-9,11,13H,4-5,7,10H2,1-3H3,(H,19,20). The first kappa shape index (κ1) is 14.2. The average Bonchev–Trinajstić information content (AvgIpc) is 3.09. The highest BCUT2D eigenvalue weighted by molar-refractivity contribution is 5.52. The molecule has 5 heteroatoms. The summed E-state index contributed by atoms with van der Waals surface area (Å²) in [6.45, 7) is 8.91. The van der Waals surface area contributed by atoms with Crippen molar-refractivity contribution in [3.8, 4) is 11.4 Å². The van der Waals surface area contributed by atoms with Crippen LogP contribution in [0, 0.1) is 12.8 Å². The molecule has 2 aromatic heterocycles. The van der Waals surface area contributed by atoms with Gasteiger partial charge < -0.3 is 4.90 Å². The third-order valence-electron chi connectivity index (χ3n) is 4.22. The summed E-state index contributed by atoms with van der Waals surface area (Å²) in [6.07, 6.45) is 6.02. The van der Waals surface area contributed by atoms with Crippen LogP contribution in [0.15, 0.2) is 18.5 Å². The Labute approximate surface area is 125 Å². The molecule has 1 aliphatic rings. The molecular weight excluding hydrogens is 262 g/mol. The van der Waals surface area contributed by atoms with Crippen molar-refractivity contribution < 1.29 is 0 Å². The van der Waals surface area contributed by atoms with E-state index in [-0.39, 0.29) is 0 Å². The Kier molecular flexibility index (Phi) is 4.01. The third kappa shape index (κ3) is 3.29. The predicted octanol–water partition coefficient (Wildman–Crippen LogP) is 2.45. The van der Waals surface area contributed by atoms with Gasteiger partial charge in [0.2, 0.25) is 0 Å². The maximum atomic E-state index is 4.56. The Balaban J connectivity index is 1.63. The monoisotopic (exact) mass is 285 g/mol. The van der Waals surface area contributed by atoms with Crippen molar-refractivity contribution in [1.29, 1.82) is 0 Å². The molecule has 1 unspecified atom stereocenters. The molecule has 0 bridgehead atoms. The van der Waals surface area contributed by atoms with E-state index in [9.17, 15) is 0 Å². The normalized spacial score (nSPS) is 19.5. The molecule has 21 heavy (non-hydrogen) atoms. The van der Waals surface area contributed by atoms with Crippen LogP contribution in [0.25, 0.3) is 11.4 Å². The van der Waals surface area contributed by atoms with Gasteiger partial charge in [0.15, 0.2) is 0 Å². The van der Waals surface area contributed by atoms with Gasteiger partial charge in [-0.3, -0.25) is 15.1 Å². The lowest BCUT2D eigenvalue weighted by molar-refractivity contribution is 0.264. The number of hydrogen-bond donors (Lipinski definition) is 1. The van der Waals surface area contributed by atoms with Crippen LogP contribution in [0.4, 0.5) is 0 Å². The first-order valence-corrected chi connectivity index (χ1v) is 7.69. The summed E-state index contributed by atoms with van der Waals surface area (Å²) >= 11 is 0. The van der Waals surface area contributed by atoms with E-state index in [0.717, 1.165) is 29.2 Å². The van der Waals surface area contributed by atoms with Crippen LogP contribution in [0.2, 0.25) is 0 Å². The molecule has 0 saturated carbocycles. The molecule has 0 aliphatic carbocycles. The molecule has 0 spiro atoms. The molecular formula is C16H23N5. The van der Waals surface area contributed by atoms with Crippen molar-refractivity contribution in [3.63, 3.8) is 0 Å². The zero-order valence-corrected chi connectivity index (χ0v) is 13.0. The van der Waals surface area contributed by atoms with Gasteiger partial charge >= 0.3 is 0 Å². The summed E-state index contributed by atoms with van der Waals surface area (Å²) in [6, 6.07) is 2.63. The zero-order valence-electron chi connectivity index (χ0n) is 13.0. The number of aryl methyl sites for hydroxylation is 1. The van der Waals surface area contributed by atoms with Gasteiger partial charge in [0, 0.05) is 24.5 Å². The van der Waals surface area contributed by atoms with Crippen LogP contribution >= 0.6 is 0 Å². The molecule has 5 nitrogen and oxygen atoms in total. The molecule has 112 valence electrons. The molecule has 1 atom stereocenters. The van der Waals surface area contributed by atoms with Crippen LogP contribution in [0.3, 0.4) is 0 Å². The van der Waals surface area contributed by atoms with E-state index in [0.29, 0.717) is 12.0 Å². The Morgan fingerprint density at radius 1 is 1.29 bits per heavy atom. The molecule has 1 fully saturated rings. The molecule has 0 aromatic carbocycles. The number of aromatic amines is 1. The van der Waals surface area contributed by atoms with Crippen molar-refractivity contribution in [2.24, 2.45) is 5.92 Å². The molecule has 1 N–H and O–H groups in total. The number of H-pyrrole nitrogens is 1. The van der Waals surface area contributed by atoms with Crippen LogP contribution in [0.5, 0.6) is 0 Å². The van der Waals surface area contributed by atoms with E-state index in [1.807, 2.05) is 25.4 Å². The molecule has 0 radical (unpaired) electrons. The van der Waals surface area contributed by atoms with Crippen molar-refractivity contribution in [1.82, 2.24) is 25.1 Å². The minimum atomic E-state index is 0.645. The number of nitrogens with one attached hydrogen (secondary N) is 1. The second-order valence-corrected chi connectivity index (χ2v) is 6.28. The van der Waals surface area contributed by atoms with E-state index >= 15 is 0 Å². The molecule has 3 heterocycles. The van der Waals surface area contributed by atoms with Gasteiger partial charge in [0.1, 0.15) is 11.4 Å². The number of aromatic nitrogens is 4. The van der Waals surface area contributed by atoms with Gasteiger partial charge in [0.25, 0.3) is 0 Å². The SMILES string of the molecule is Cc1cc(-c2cnc(CC3CCN(C(C)C)C3)cn2)n[nH]1. The summed E-state index contributed by atoms with van der Waals surface area (Å²) in [7, 11) is 0. The van der Waals surface area contributed by atoms with Gasteiger partial charge in [0.05, 0.1) is 11.9 Å². The van der Waals surface area contributed by atoms with E-state index in [1.165, 1.54) is 19.5 Å².